The van der Waals surface area contributed by atoms with Crippen molar-refractivity contribution in [3.05, 3.63) is 0 Å². The number of unbranched alkanes of at least 4 members (excludes halogenated alkanes) is 1. The van der Waals surface area contributed by atoms with Gasteiger partial charge in [-0.1, -0.05) is 13.3 Å². The Morgan fingerprint density at radius 3 is 2.50 bits per heavy atom. The van der Waals surface area contributed by atoms with Crippen LogP contribution in [0.5, 0.6) is 0 Å². The highest BCUT2D eigenvalue weighted by molar-refractivity contribution is 5.71. The van der Waals surface area contributed by atoms with Gasteiger partial charge in [0.05, 0.1) is 19.6 Å². The quantitative estimate of drug-likeness (QED) is 0.505. The van der Waals surface area contributed by atoms with Gasteiger partial charge in [-0.05, 0) is 13.5 Å². The lowest BCUT2D eigenvalue weighted by atomic mass is 10.3. The number of rotatable bonds is 7. The van der Waals surface area contributed by atoms with E-state index in [-0.39, 0.29) is 13.1 Å². The highest BCUT2D eigenvalue weighted by Gasteiger charge is 2.27. The van der Waals surface area contributed by atoms with Crippen molar-refractivity contribution in [2.75, 3.05) is 26.7 Å². The van der Waals surface area contributed by atoms with Crippen molar-refractivity contribution in [3.8, 4) is 0 Å². The molecule has 16 heavy (non-hydrogen) atoms. The van der Waals surface area contributed by atoms with E-state index in [1.165, 1.54) is 11.9 Å². The van der Waals surface area contributed by atoms with E-state index in [0.717, 1.165) is 12.8 Å². The van der Waals surface area contributed by atoms with Crippen LogP contribution in [0.1, 0.15) is 26.2 Å². The molecule has 0 atom stereocenters. The predicted octanol–water partition coefficient (Wildman–Crippen LogP) is 2.21. The van der Waals surface area contributed by atoms with E-state index in [1.807, 2.05) is 6.92 Å². The Kier molecular flexibility index (Phi) is 7.12. The predicted molar refractivity (Wildman–Crippen MR) is 54.0 cm³/mol. The fraction of sp³-hybridized carbons (Fsp3) is 0.900. The van der Waals surface area contributed by atoms with Crippen LogP contribution in [-0.4, -0.2) is 43.8 Å². The van der Waals surface area contributed by atoms with Gasteiger partial charge in [0.15, 0.2) is 0 Å². The van der Waals surface area contributed by atoms with Crippen molar-refractivity contribution in [1.82, 2.24) is 4.90 Å². The van der Waals surface area contributed by atoms with Gasteiger partial charge >= 0.3 is 12.1 Å². The van der Waals surface area contributed by atoms with Crippen molar-refractivity contribution >= 4 is 5.97 Å². The zero-order chi connectivity index (χ0) is 12.6. The maximum atomic E-state index is 11.9. The number of likely N-dealkylation sites (N-methyl/N-ethyl adjacent to an activating group) is 1. The normalized spacial score (nSPS) is 11.9. The molecule has 0 aromatic carbocycles. The molecule has 0 N–H and O–H groups in total. The summed E-state index contributed by atoms with van der Waals surface area (Å²) in [6, 6.07) is 0. The summed E-state index contributed by atoms with van der Waals surface area (Å²) in [5, 5.41) is 0. The minimum Gasteiger partial charge on any atom is -0.465 e. The molecule has 0 fully saturated rings. The van der Waals surface area contributed by atoms with Crippen LogP contribution in [0.25, 0.3) is 0 Å². The zero-order valence-corrected chi connectivity index (χ0v) is 9.64. The second kappa shape index (κ2) is 7.49. The summed E-state index contributed by atoms with van der Waals surface area (Å²) in [6.45, 7) is 2.01. The average Bonchev–Trinajstić information content (AvgIpc) is 2.14. The first-order valence-electron chi connectivity index (χ1n) is 5.26. The number of nitrogens with zero attached hydrogens (tertiary/aromatic N) is 1. The van der Waals surface area contributed by atoms with Gasteiger partial charge in [-0.25, -0.2) is 0 Å². The fourth-order valence-electron chi connectivity index (χ4n) is 0.993. The summed E-state index contributed by atoms with van der Waals surface area (Å²) < 4.78 is 40.4. The van der Waals surface area contributed by atoms with Gasteiger partial charge in [0.2, 0.25) is 0 Å². The fourth-order valence-corrected chi connectivity index (χ4v) is 0.993. The molecule has 0 aromatic heterocycles. The lowest BCUT2D eigenvalue weighted by Crippen LogP contribution is -2.30. The van der Waals surface area contributed by atoms with Crippen molar-refractivity contribution < 1.29 is 22.7 Å². The molecule has 0 aliphatic rings. The summed E-state index contributed by atoms with van der Waals surface area (Å²) >= 11 is 0. The van der Waals surface area contributed by atoms with E-state index in [1.54, 1.807) is 0 Å². The zero-order valence-electron chi connectivity index (χ0n) is 9.64. The summed E-state index contributed by atoms with van der Waals surface area (Å²) in [6.07, 6.45) is -3.40. The Hall–Kier alpha value is -0.780. The summed E-state index contributed by atoms with van der Waals surface area (Å²) in [4.78, 5) is 12.4. The Morgan fingerprint density at radius 2 is 2.00 bits per heavy atom. The topological polar surface area (TPSA) is 29.5 Å². The van der Waals surface area contributed by atoms with Crippen LogP contribution in [0.2, 0.25) is 0 Å². The van der Waals surface area contributed by atoms with Gasteiger partial charge < -0.3 is 4.74 Å². The van der Waals surface area contributed by atoms with Gasteiger partial charge in [0, 0.05) is 6.54 Å². The van der Waals surface area contributed by atoms with Crippen LogP contribution in [0, 0.1) is 0 Å². The lowest BCUT2D eigenvalue weighted by molar-refractivity contribution is -0.148. The molecule has 0 amide bonds. The average molecular weight is 241 g/mol. The molecule has 6 heteroatoms. The molecule has 0 aromatic rings. The van der Waals surface area contributed by atoms with Gasteiger partial charge in [0.25, 0.3) is 0 Å². The first kappa shape index (κ1) is 15.2. The Bertz CT molecular complexity index is 207. The Morgan fingerprint density at radius 1 is 1.38 bits per heavy atom. The van der Waals surface area contributed by atoms with E-state index >= 15 is 0 Å². The molecule has 96 valence electrons. The molecule has 3 nitrogen and oxygen atoms in total. The first-order valence-corrected chi connectivity index (χ1v) is 5.26. The highest BCUT2D eigenvalue weighted by atomic mass is 19.4. The number of hydrogen-bond acceptors (Lipinski definition) is 3. The molecule has 0 bridgehead atoms. The lowest BCUT2D eigenvalue weighted by Gasteiger charge is -2.16. The van der Waals surface area contributed by atoms with Crippen molar-refractivity contribution in [2.45, 2.75) is 32.4 Å². The molecule has 0 unspecified atom stereocenters. The van der Waals surface area contributed by atoms with Gasteiger partial charge in [-0.3, -0.25) is 9.69 Å². The molecule has 0 saturated heterocycles. The monoisotopic (exact) mass is 241 g/mol. The summed E-state index contributed by atoms with van der Waals surface area (Å²) in [5.74, 6) is -0.474. The maximum Gasteiger partial charge on any atom is 0.390 e. The minimum atomic E-state index is -4.18. The molecule has 0 saturated carbocycles. The molecule has 0 heterocycles. The highest BCUT2D eigenvalue weighted by Crippen LogP contribution is 2.19. The van der Waals surface area contributed by atoms with Gasteiger partial charge in [-0.15, -0.1) is 0 Å². The van der Waals surface area contributed by atoms with Gasteiger partial charge in [0.1, 0.15) is 0 Å². The van der Waals surface area contributed by atoms with Crippen LogP contribution in [0.15, 0.2) is 0 Å². The smallest absolute Gasteiger partial charge is 0.390 e. The first-order chi connectivity index (χ1) is 7.35. The van der Waals surface area contributed by atoms with Crippen LogP contribution in [0.4, 0.5) is 13.2 Å². The maximum absolute atomic E-state index is 11.9. The second-order valence-electron chi connectivity index (χ2n) is 3.68. The number of ether oxygens (including phenoxy) is 1. The Balaban J connectivity index is 3.62. The summed E-state index contributed by atoms with van der Waals surface area (Å²) in [7, 11) is 1.47. The number of alkyl halides is 3. The number of esters is 1. The van der Waals surface area contributed by atoms with Crippen LogP contribution >= 0.6 is 0 Å². The molecule has 0 aliphatic carbocycles. The third-order valence-corrected chi connectivity index (χ3v) is 1.94. The number of carbonyl (C=O) groups excluding carboxylic acids is 1. The second-order valence-corrected chi connectivity index (χ2v) is 3.68. The van der Waals surface area contributed by atoms with E-state index < -0.39 is 18.6 Å². The number of halogens is 3. The molecule has 0 aliphatic heterocycles. The van der Waals surface area contributed by atoms with E-state index in [9.17, 15) is 18.0 Å². The van der Waals surface area contributed by atoms with Crippen molar-refractivity contribution in [2.24, 2.45) is 0 Å². The van der Waals surface area contributed by atoms with Crippen molar-refractivity contribution in [1.29, 1.82) is 0 Å². The van der Waals surface area contributed by atoms with E-state index in [2.05, 4.69) is 0 Å². The largest absolute Gasteiger partial charge is 0.465 e. The van der Waals surface area contributed by atoms with E-state index in [0.29, 0.717) is 6.61 Å². The standard InChI is InChI=1S/C10H18F3NO2/c1-3-4-7-16-9(15)8-14(2)6-5-10(11,12)13/h3-8H2,1-2H3. The summed E-state index contributed by atoms with van der Waals surface area (Å²) in [5.41, 5.74) is 0. The number of carbonyl (C=O) groups is 1. The van der Waals surface area contributed by atoms with E-state index in [4.69, 9.17) is 4.74 Å². The third-order valence-electron chi connectivity index (χ3n) is 1.94. The molecular formula is C10H18F3NO2. The Labute approximate surface area is 93.6 Å². The minimum absolute atomic E-state index is 0.0974. The third kappa shape index (κ3) is 9.76. The molecule has 0 rings (SSSR count). The van der Waals surface area contributed by atoms with Gasteiger partial charge in [-0.2, -0.15) is 13.2 Å². The molecule has 0 spiro atoms. The van der Waals surface area contributed by atoms with Crippen LogP contribution in [0.3, 0.4) is 0 Å². The van der Waals surface area contributed by atoms with Crippen LogP contribution < -0.4 is 0 Å². The van der Waals surface area contributed by atoms with Crippen LogP contribution in [-0.2, 0) is 9.53 Å². The molecular weight excluding hydrogens is 223 g/mol. The number of hydrogen-bond donors (Lipinski definition) is 0. The SMILES string of the molecule is CCCCOC(=O)CN(C)CCC(F)(F)F. The van der Waals surface area contributed by atoms with Crippen molar-refractivity contribution in [3.63, 3.8) is 0 Å². The molecule has 0 radical (unpaired) electrons.